The summed E-state index contributed by atoms with van der Waals surface area (Å²) in [7, 11) is 0. The lowest BCUT2D eigenvalue weighted by atomic mass is 9.83. The number of pyridine rings is 1. The molecule has 2 N–H and O–H groups in total. The van der Waals surface area contributed by atoms with Crippen LogP contribution in [0, 0.1) is 5.92 Å². The van der Waals surface area contributed by atoms with E-state index < -0.39 is 0 Å². The fourth-order valence-electron chi connectivity index (χ4n) is 2.55. The molecule has 0 aliphatic heterocycles. The van der Waals surface area contributed by atoms with E-state index in [1.165, 1.54) is 12.8 Å². The molecule has 0 atom stereocenters. The zero-order valence-corrected chi connectivity index (χ0v) is 11.0. The van der Waals surface area contributed by atoms with Gasteiger partial charge in [0.05, 0.1) is 11.9 Å². The molecular formula is C14H18N4O. The highest BCUT2D eigenvalue weighted by Gasteiger charge is 2.24. The predicted octanol–water partition coefficient (Wildman–Crippen LogP) is 3.01. The number of nitrogen functional groups attached to an aromatic ring is 1. The Labute approximate surface area is 112 Å². The van der Waals surface area contributed by atoms with Crippen molar-refractivity contribution in [3.05, 3.63) is 24.2 Å². The first kappa shape index (κ1) is 12.1. The lowest BCUT2D eigenvalue weighted by Gasteiger charge is -2.23. The van der Waals surface area contributed by atoms with Crippen LogP contribution in [0.2, 0.25) is 0 Å². The van der Waals surface area contributed by atoms with Gasteiger partial charge in [0.2, 0.25) is 0 Å². The van der Waals surface area contributed by atoms with E-state index >= 15 is 0 Å². The van der Waals surface area contributed by atoms with E-state index in [4.69, 9.17) is 10.3 Å². The molecule has 2 heterocycles. The molecule has 1 aliphatic rings. The number of hydrogen-bond donors (Lipinski definition) is 1. The maximum Gasteiger partial charge on any atom is 0.276 e. The second-order valence-electron chi connectivity index (χ2n) is 5.39. The number of nitrogens with two attached hydrogens (primary N) is 1. The average Bonchev–Trinajstić information content (AvgIpc) is 2.90. The molecule has 1 fully saturated rings. The maximum atomic E-state index is 5.61. The van der Waals surface area contributed by atoms with Crippen molar-refractivity contribution in [2.45, 2.75) is 38.5 Å². The minimum Gasteiger partial charge on any atom is -0.397 e. The van der Waals surface area contributed by atoms with Crippen molar-refractivity contribution in [3.8, 4) is 11.6 Å². The monoisotopic (exact) mass is 258 g/mol. The van der Waals surface area contributed by atoms with Gasteiger partial charge in [-0.05, 0) is 30.9 Å². The third-order valence-electron chi connectivity index (χ3n) is 3.83. The summed E-state index contributed by atoms with van der Waals surface area (Å²) in [6.07, 6.45) is 6.38. The predicted molar refractivity (Wildman–Crippen MR) is 72.3 cm³/mol. The molecule has 1 aliphatic carbocycles. The second-order valence-corrected chi connectivity index (χ2v) is 5.39. The zero-order valence-electron chi connectivity index (χ0n) is 11.0. The van der Waals surface area contributed by atoms with Gasteiger partial charge in [0, 0.05) is 5.92 Å². The Morgan fingerprint density at radius 1 is 1.21 bits per heavy atom. The van der Waals surface area contributed by atoms with Crippen LogP contribution in [0.15, 0.2) is 22.9 Å². The number of rotatable bonds is 2. The maximum absolute atomic E-state index is 5.61. The van der Waals surface area contributed by atoms with Gasteiger partial charge in [-0.25, -0.2) is 4.98 Å². The molecule has 0 bridgehead atoms. The lowest BCUT2D eigenvalue weighted by Crippen LogP contribution is -2.11. The molecule has 0 aromatic carbocycles. The molecule has 2 aromatic rings. The van der Waals surface area contributed by atoms with Gasteiger partial charge < -0.3 is 10.3 Å². The highest BCUT2D eigenvalue weighted by Crippen LogP contribution is 2.34. The molecule has 1 saturated carbocycles. The second kappa shape index (κ2) is 4.99. The Balaban J connectivity index is 1.77. The Morgan fingerprint density at radius 2 is 2.00 bits per heavy atom. The van der Waals surface area contributed by atoms with Gasteiger partial charge in [0.1, 0.15) is 5.69 Å². The van der Waals surface area contributed by atoms with Crippen LogP contribution < -0.4 is 5.73 Å². The summed E-state index contributed by atoms with van der Waals surface area (Å²) in [5.41, 5.74) is 6.92. The summed E-state index contributed by atoms with van der Waals surface area (Å²) < 4.78 is 5.31. The molecule has 3 rings (SSSR count). The van der Waals surface area contributed by atoms with E-state index in [1.807, 2.05) is 0 Å². The van der Waals surface area contributed by atoms with E-state index in [-0.39, 0.29) is 0 Å². The van der Waals surface area contributed by atoms with E-state index in [0.29, 0.717) is 23.2 Å². The molecule has 5 nitrogen and oxygen atoms in total. The molecule has 100 valence electrons. The fourth-order valence-corrected chi connectivity index (χ4v) is 2.55. The van der Waals surface area contributed by atoms with Gasteiger partial charge in [-0.15, -0.1) is 0 Å². The van der Waals surface area contributed by atoms with Gasteiger partial charge in [0.25, 0.3) is 5.89 Å². The Hall–Kier alpha value is -1.91. The summed E-state index contributed by atoms with van der Waals surface area (Å²) in [6, 6.07) is 3.59. The van der Waals surface area contributed by atoms with Gasteiger partial charge in [-0.1, -0.05) is 24.9 Å². The number of anilines is 1. The van der Waals surface area contributed by atoms with Gasteiger partial charge in [0.15, 0.2) is 5.82 Å². The normalized spacial score (nSPS) is 23.4. The molecule has 0 amide bonds. The van der Waals surface area contributed by atoms with Crippen molar-refractivity contribution in [2.24, 2.45) is 5.92 Å². The number of hydrogen-bond acceptors (Lipinski definition) is 5. The standard InChI is InChI=1S/C14H18N4O/c1-9-2-4-10(5-3-9)13-17-14(19-18-13)12-7-6-11(15)8-16-12/h6-10H,2-5,15H2,1H3. The summed E-state index contributed by atoms with van der Waals surface area (Å²) in [6.45, 7) is 2.30. The van der Waals surface area contributed by atoms with Crippen molar-refractivity contribution in [3.63, 3.8) is 0 Å². The first-order chi connectivity index (χ1) is 9.22. The van der Waals surface area contributed by atoms with E-state index in [0.717, 1.165) is 24.6 Å². The summed E-state index contributed by atoms with van der Waals surface area (Å²) in [5.74, 6) is 2.55. The first-order valence-corrected chi connectivity index (χ1v) is 6.78. The topological polar surface area (TPSA) is 77.8 Å². The van der Waals surface area contributed by atoms with Crippen molar-refractivity contribution in [2.75, 3.05) is 5.73 Å². The van der Waals surface area contributed by atoms with Crippen LogP contribution in [0.4, 0.5) is 5.69 Å². The van der Waals surface area contributed by atoms with Gasteiger partial charge >= 0.3 is 0 Å². The van der Waals surface area contributed by atoms with Crippen LogP contribution in [0.5, 0.6) is 0 Å². The van der Waals surface area contributed by atoms with E-state index in [9.17, 15) is 0 Å². The van der Waals surface area contributed by atoms with Gasteiger partial charge in [-0.2, -0.15) is 4.98 Å². The fraction of sp³-hybridized carbons (Fsp3) is 0.500. The molecule has 0 saturated heterocycles. The van der Waals surface area contributed by atoms with Crippen molar-refractivity contribution in [1.82, 2.24) is 15.1 Å². The van der Waals surface area contributed by atoms with Crippen molar-refractivity contribution >= 4 is 5.69 Å². The first-order valence-electron chi connectivity index (χ1n) is 6.78. The third-order valence-corrected chi connectivity index (χ3v) is 3.83. The largest absolute Gasteiger partial charge is 0.397 e. The minimum atomic E-state index is 0.433. The zero-order chi connectivity index (χ0) is 13.2. The number of aromatic nitrogens is 3. The summed E-state index contributed by atoms with van der Waals surface area (Å²) in [5, 5.41) is 4.11. The molecular weight excluding hydrogens is 240 g/mol. The molecule has 19 heavy (non-hydrogen) atoms. The SMILES string of the molecule is CC1CCC(c2noc(-c3ccc(N)cn3)n2)CC1. The highest BCUT2D eigenvalue weighted by atomic mass is 16.5. The quantitative estimate of drug-likeness (QED) is 0.895. The van der Waals surface area contributed by atoms with Crippen LogP contribution >= 0.6 is 0 Å². The molecule has 0 radical (unpaired) electrons. The van der Waals surface area contributed by atoms with Crippen LogP contribution in [-0.2, 0) is 0 Å². The molecule has 2 aromatic heterocycles. The number of nitrogens with zero attached hydrogens (tertiary/aromatic N) is 3. The lowest BCUT2D eigenvalue weighted by molar-refractivity contribution is 0.329. The Bertz CT molecular complexity index is 541. The van der Waals surface area contributed by atoms with Crippen molar-refractivity contribution < 1.29 is 4.52 Å². The van der Waals surface area contributed by atoms with E-state index in [2.05, 4.69) is 22.0 Å². The molecule has 0 spiro atoms. The van der Waals surface area contributed by atoms with Crippen LogP contribution in [0.25, 0.3) is 11.6 Å². The Morgan fingerprint density at radius 3 is 2.68 bits per heavy atom. The molecule has 0 unspecified atom stereocenters. The van der Waals surface area contributed by atoms with Crippen LogP contribution in [0.3, 0.4) is 0 Å². The van der Waals surface area contributed by atoms with Crippen LogP contribution in [0.1, 0.15) is 44.3 Å². The highest BCUT2D eigenvalue weighted by molar-refractivity contribution is 5.50. The summed E-state index contributed by atoms with van der Waals surface area (Å²) in [4.78, 5) is 8.68. The average molecular weight is 258 g/mol. The summed E-state index contributed by atoms with van der Waals surface area (Å²) >= 11 is 0. The minimum absolute atomic E-state index is 0.433. The van der Waals surface area contributed by atoms with E-state index in [1.54, 1.807) is 18.3 Å². The third kappa shape index (κ3) is 2.59. The van der Waals surface area contributed by atoms with Gasteiger partial charge in [-0.3, -0.25) is 0 Å². The van der Waals surface area contributed by atoms with Crippen molar-refractivity contribution in [1.29, 1.82) is 0 Å². The molecule has 5 heteroatoms. The smallest absolute Gasteiger partial charge is 0.276 e. The van der Waals surface area contributed by atoms with Crippen LogP contribution in [-0.4, -0.2) is 15.1 Å². The Kier molecular flexibility index (Phi) is 3.19.